The average Bonchev–Trinajstić information content (AvgIpc) is 2.88. The van der Waals surface area contributed by atoms with Crippen molar-refractivity contribution in [2.75, 3.05) is 33.4 Å². The number of methoxy groups -OCH3 is 1. The Morgan fingerprint density at radius 3 is 2.06 bits per heavy atom. The predicted molar refractivity (Wildman–Crippen MR) is 129 cm³/mol. The third-order valence-electron chi connectivity index (χ3n) is 6.44. The van der Waals surface area contributed by atoms with E-state index >= 15 is 0 Å². The van der Waals surface area contributed by atoms with Gasteiger partial charge in [-0.3, -0.25) is 4.79 Å². The summed E-state index contributed by atoms with van der Waals surface area (Å²) in [5, 5.41) is 9.43. The standard InChI is InChI=1S/C28H31NO4/c1-32-26-16-14-25(15-17-26)28(23-10-4-2-5-11-23,24-12-6-3-7-13-24)33-20-19-29-18-8-9-22(21-29)27(30)31/h2-7,10-17,22H,8-9,18-21H2,1H3,(H,30,31)/t22-/m1/s1. The van der Waals surface area contributed by atoms with Gasteiger partial charge in [-0.15, -0.1) is 0 Å². The fraction of sp³-hybridized carbons (Fsp3) is 0.321. The monoisotopic (exact) mass is 445 g/mol. The van der Waals surface area contributed by atoms with Crippen LogP contribution in [0.3, 0.4) is 0 Å². The molecule has 1 aliphatic heterocycles. The molecule has 0 bridgehead atoms. The maximum atomic E-state index is 11.5. The number of benzene rings is 3. The molecule has 1 fully saturated rings. The highest BCUT2D eigenvalue weighted by Crippen LogP contribution is 2.41. The first-order valence-electron chi connectivity index (χ1n) is 11.5. The SMILES string of the molecule is COc1ccc(C(OCCN2CCC[C@@H](C(=O)O)C2)(c2ccccc2)c2ccccc2)cc1. The van der Waals surface area contributed by atoms with Gasteiger partial charge in [0, 0.05) is 13.1 Å². The molecule has 1 heterocycles. The van der Waals surface area contributed by atoms with Gasteiger partial charge >= 0.3 is 5.97 Å². The minimum Gasteiger partial charge on any atom is -0.497 e. The summed E-state index contributed by atoms with van der Waals surface area (Å²) < 4.78 is 12.2. The summed E-state index contributed by atoms with van der Waals surface area (Å²) in [6.45, 7) is 2.63. The highest BCUT2D eigenvalue weighted by molar-refractivity contribution is 5.70. The quantitative estimate of drug-likeness (QED) is 0.480. The molecule has 3 aromatic carbocycles. The molecule has 5 nitrogen and oxygen atoms in total. The molecule has 0 aromatic heterocycles. The minimum atomic E-state index is -0.795. The molecule has 172 valence electrons. The lowest BCUT2D eigenvalue weighted by atomic mass is 9.80. The van der Waals surface area contributed by atoms with Gasteiger partial charge < -0.3 is 19.5 Å². The zero-order chi connectivity index (χ0) is 23.1. The third-order valence-corrected chi connectivity index (χ3v) is 6.44. The van der Waals surface area contributed by atoms with Gasteiger partial charge in [0.15, 0.2) is 0 Å². The van der Waals surface area contributed by atoms with Crippen molar-refractivity contribution in [3.63, 3.8) is 0 Å². The molecule has 1 saturated heterocycles. The second-order valence-electron chi connectivity index (χ2n) is 8.47. The lowest BCUT2D eigenvalue weighted by Gasteiger charge is -2.37. The second kappa shape index (κ2) is 10.6. The molecule has 0 aliphatic carbocycles. The molecule has 1 N–H and O–H groups in total. The van der Waals surface area contributed by atoms with Crippen LogP contribution in [0.4, 0.5) is 0 Å². The van der Waals surface area contributed by atoms with Crippen LogP contribution in [0.15, 0.2) is 84.9 Å². The van der Waals surface area contributed by atoms with E-state index in [1.807, 2.05) is 48.5 Å². The molecular weight excluding hydrogens is 414 g/mol. The minimum absolute atomic E-state index is 0.298. The number of hydrogen-bond donors (Lipinski definition) is 1. The fourth-order valence-electron chi connectivity index (χ4n) is 4.71. The van der Waals surface area contributed by atoms with E-state index in [4.69, 9.17) is 9.47 Å². The summed E-state index contributed by atoms with van der Waals surface area (Å²) in [5.41, 5.74) is 2.31. The van der Waals surface area contributed by atoms with Gasteiger partial charge in [0.1, 0.15) is 11.4 Å². The van der Waals surface area contributed by atoms with Crippen LogP contribution in [-0.2, 0) is 15.1 Å². The van der Waals surface area contributed by atoms with Crippen molar-refractivity contribution in [2.24, 2.45) is 5.92 Å². The van der Waals surface area contributed by atoms with E-state index in [9.17, 15) is 9.90 Å². The van der Waals surface area contributed by atoms with Crippen molar-refractivity contribution in [3.8, 4) is 5.75 Å². The molecular formula is C28H31NO4. The van der Waals surface area contributed by atoms with E-state index in [1.54, 1.807) is 7.11 Å². The first-order chi connectivity index (χ1) is 16.1. The van der Waals surface area contributed by atoms with Crippen molar-refractivity contribution in [1.29, 1.82) is 0 Å². The Morgan fingerprint density at radius 1 is 0.939 bits per heavy atom. The molecule has 33 heavy (non-hydrogen) atoms. The van der Waals surface area contributed by atoms with Crippen molar-refractivity contribution >= 4 is 5.97 Å². The topological polar surface area (TPSA) is 59.0 Å². The van der Waals surface area contributed by atoms with Crippen LogP contribution in [0.5, 0.6) is 5.75 Å². The van der Waals surface area contributed by atoms with Crippen molar-refractivity contribution in [1.82, 2.24) is 4.90 Å². The largest absolute Gasteiger partial charge is 0.497 e. The van der Waals surface area contributed by atoms with E-state index in [0.717, 1.165) is 41.8 Å². The van der Waals surface area contributed by atoms with Crippen LogP contribution in [0.2, 0.25) is 0 Å². The normalized spacial score (nSPS) is 16.9. The Labute approximate surface area is 195 Å². The summed E-state index contributed by atoms with van der Waals surface area (Å²) in [6, 6.07) is 28.5. The number of piperidine rings is 1. The van der Waals surface area contributed by atoms with Crippen molar-refractivity contribution in [3.05, 3.63) is 102 Å². The molecule has 4 rings (SSSR count). The number of likely N-dealkylation sites (tertiary alicyclic amines) is 1. The van der Waals surface area contributed by atoms with E-state index in [2.05, 4.69) is 41.3 Å². The van der Waals surface area contributed by atoms with Crippen LogP contribution in [0.25, 0.3) is 0 Å². The van der Waals surface area contributed by atoms with Crippen molar-refractivity contribution < 1.29 is 19.4 Å². The number of hydrogen-bond acceptors (Lipinski definition) is 4. The van der Waals surface area contributed by atoms with Gasteiger partial charge in [0.05, 0.1) is 19.6 Å². The molecule has 3 aromatic rings. The van der Waals surface area contributed by atoms with E-state index in [1.165, 1.54) is 0 Å². The number of carbonyl (C=O) groups is 1. The predicted octanol–water partition coefficient (Wildman–Crippen LogP) is 4.80. The van der Waals surface area contributed by atoms with Crippen LogP contribution >= 0.6 is 0 Å². The van der Waals surface area contributed by atoms with E-state index in [0.29, 0.717) is 19.7 Å². The third kappa shape index (κ3) is 5.10. The Bertz CT molecular complexity index is 981. The van der Waals surface area contributed by atoms with Crippen LogP contribution in [0.1, 0.15) is 29.5 Å². The van der Waals surface area contributed by atoms with Gasteiger partial charge in [0.25, 0.3) is 0 Å². The number of rotatable bonds is 9. The molecule has 0 spiro atoms. The summed E-state index contributed by atoms with van der Waals surface area (Å²) >= 11 is 0. The van der Waals surface area contributed by atoms with Gasteiger partial charge in [-0.2, -0.15) is 0 Å². The van der Waals surface area contributed by atoms with Gasteiger partial charge in [0.2, 0.25) is 0 Å². The van der Waals surface area contributed by atoms with Gasteiger partial charge in [-0.1, -0.05) is 72.8 Å². The molecule has 0 saturated carbocycles. The first-order valence-corrected chi connectivity index (χ1v) is 11.5. The van der Waals surface area contributed by atoms with Gasteiger partial charge in [-0.25, -0.2) is 0 Å². The van der Waals surface area contributed by atoms with Crippen LogP contribution in [-0.4, -0.2) is 49.3 Å². The Hall–Kier alpha value is -3.15. The number of carboxylic acid groups (broad SMARTS) is 1. The number of nitrogens with zero attached hydrogens (tertiary/aromatic N) is 1. The van der Waals surface area contributed by atoms with E-state index < -0.39 is 11.6 Å². The highest BCUT2D eigenvalue weighted by atomic mass is 16.5. The molecule has 0 radical (unpaired) electrons. The van der Waals surface area contributed by atoms with Crippen LogP contribution < -0.4 is 4.74 Å². The van der Waals surface area contributed by atoms with Crippen molar-refractivity contribution in [2.45, 2.75) is 18.4 Å². The molecule has 1 atom stereocenters. The van der Waals surface area contributed by atoms with Crippen LogP contribution in [0, 0.1) is 5.92 Å². The zero-order valence-corrected chi connectivity index (χ0v) is 19.0. The Kier molecular flexibility index (Phi) is 7.43. The lowest BCUT2D eigenvalue weighted by Crippen LogP contribution is -2.42. The maximum absolute atomic E-state index is 11.5. The fourth-order valence-corrected chi connectivity index (χ4v) is 4.71. The number of ether oxygens (including phenoxy) is 2. The smallest absolute Gasteiger partial charge is 0.307 e. The molecule has 1 aliphatic rings. The summed E-state index contributed by atoms with van der Waals surface area (Å²) in [5.74, 6) is -0.211. The van der Waals surface area contributed by atoms with Gasteiger partial charge in [-0.05, 0) is 48.2 Å². The second-order valence-corrected chi connectivity index (χ2v) is 8.47. The summed E-state index contributed by atoms with van der Waals surface area (Å²) in [4.78, 5) is 13.7. The summed E-state index contributed by atoms with van der Waals surface area (Å²) in [7, 11) is 1.66. The molecule has 0 amide bonds. The highest BCUT2D eigenvalue weighted by Gasteiger charge is 2.38. The first kappa shape index (κ1) is 23.0. The number of aliphatic carboxylic acids is 1. The van der Waals surface area contributed by atoms with E-state index in [-0.39, 0.29) is 5.92 Å². The zero-order valence-electron chi connectivity index (χ0n) is 19.0. The molecule has 0 unspecified atom stereocenters. The Balaban J connectivity index is 1.68. The lowest BCUT2D eigenvalue weighted by molar-refractivity contribution is -0.143. The molecule has 5 heteroatoms. The average molecular weight is 446 g/mol. The maximum Gasteiger partial charge on any atom is 0.307 e. The summed E-state index contributed by atoms with van der Waals surface area (Å²) in [6.07, 6.45) is 1.65. The number of carboxylic acids is 1. The Morgan fingerprint density at radius 2 is 1.52 bits per heavy atom.